The summed E-state index contributed by atoms with van der Waals surface area (Å²) in [6.45, 7) is 6.02. The Morgan fingerprint density at radius 2 is 2.11 bits per heavy atom. The Morgan fingerprint density at radius 3 is 2.22 bits per heavy atom. The lowest BCUT2D eigenvalue weighted by Crippen LogP contribution is -1.46. The number of H-pyrrole nitrogens is 1. The largest absolute Gasteiger partial charge is 0.302 e. The van der Waals surface area contributed by atoms with E-state index in [1.807, 2.05) is 26.8 Å². The molecule has 0 saturated carbocycles. The van der Waals surface area contributed by atoms with Crippen molar-refractivity contribution in [2.45, 2.75) is 20.8 Å². The topological polar surface area (TPSA) is 15.8 Å². The van der Waals surface area contributed by atoms with Gasteiger partial charge < -0.3 is 4.37 Å². The highest BCUT2D eigenvalue weighted by molar-refractivity contribution is 7.71. The number of nitrogens with one attached hydrogen (secondary N) is 1. The van der Waals surface area contributed by atoms with Crippen LogP contribution in [-0.2, 0) is 0 Å². The summed E-state index contributed by atoms with van der Waals surface area (Å²) in [7, 11) is 0. The van der Waals surface area contributed by atoms with Gasteiger partial charge in [0, 0.05) is 4.88 Å². The second kappa shape index (κ2) is 4.70. The van der Waals surface area contributed by atoms with E-state index in [-0.39, 0.29) is 0 Å². The van der Waals surface area contributed by atoms with Crippen LogP contribution in [0.15, 0.2) is 6.07 Å². The molecule has 0 radical (unpaired) electrons. The van der Waals surface area contributed by atoms with Gasteiger partial charge in [-0.1, -0.05) is 37.6 Å². The van der Waals surface area contributed by atoms with Crippen molar-refractivity contribution >= 4 is 23.8 Å². The summed E-state index contributed by atoms with van der Waals surface area (Å²) < 4.78 is 3.76. The van der Waals surface area contributed by atoms with E-state index >= 15 is 0 Å². The standard InChI is InChI=1S/C4H5NS2.C2H6/c1-3-2-4(6)5-7-3;1-2/h2H,1H3,(H,5,6);1-2H3. The van der Waals surface area contributed by atoms with Gasteiger partial charge in [-0.3, -0.25) is 0 Å². The zero-order valence-corrected chi connectivity index (χ0v) is 7.53. The predicted octanol–water partition coefficient (Wildman–Crippen LogP) is 3.14. The van der Waals surface area contributed by atoms with Crippen molar-refractivity contribution in [3.8, 4) is 0 Å². The fraction of sp³-hybridized carbons (Fsp3) is 0.500. The van der Waals surface area contributed by atoms with Crippen molar-refractivity contribution in [3.63, 3.8) is 0 Å². The van der Waals surface area contributed by atoms with Gasteiger partial charge in [0.2, 0.25) is 0 Å². The number of aromatic amines is 1. The SMILES string of the molecule is CC.Cc1cc(=S)[nH]s1. The van der Waals surface area contributed by atoms with E-state index in [9.17, 15) is 0 Å². The van der Waals surface area contributed by atoms with Gasteiger partial charge in [-0.15, -0.1) is 0 Å². The maximum Gasteiger partial charge on any atom is 0.113 e. The average Bonchev–Trinajstić information content (AvgIpc) is 2.20. The average molecular weight is 161 g/mol. The van der Waals surface area contributed by atoms with Crippen LogP contribution < -0.4 is 0 Å². The van der Waals surface area contributed by atoms with Gasteiger partial charge in [0.25, 0.3) is 0 Å². The lowest BCUT2D eigenvalue weighted by Gasteiger charge is -1.64. The zero-order chi connectivity index (χ0) is 7.28. The third-order valence-electron chi connectivity index (χ3n) is 0.647. The van der Waals surface area contributed by atoms with Crippen molar-refractivity contribution in [2.24, 2.45) is 0 Å². The number of rotatable bonds is 0. The van der Waals surface area contributed by atoms with E-state index in [1.165, 1.54) is 4.88 Å². The zero-order valence-electron chi connectivity index (χ0n) is 5.89. The molecule has 1 rings (SSSR count). The molecule has 0 aromatic carbocycles. The lowest BCUT2D eigenvalue weighted by molar-refractivity contribution is 1.50. The van der Waals surface area contributed by atoms with Gasteiger partial charge in [-0.25, -0.2) is 0 Å². The maximum atomic E-state index is 4.79. The molecular weight excluding hydrogens is 150 g/mol. The number of hydrogen-bond donors (Lipinski definition) is 1. The molecule has 0 amide bonds. The molecule has 0 spiro atoms. The van der Waals surface area contributed by atoms with E-state index in [0.29, 0.717) is 0 Å². The summed E-state index contributed by atoms with van der Waals surface area (Å²) in [5.74, 6) is 0. The molecule has 0 saturated heterocycles. The second-order valence-electron chi connectivity index (χ2n) is 1.32. The quantitative estimate of drug-likeness (QED) is 0.578. The minimum Gasteiger partial charge on any atom is -0.302 e. The van der Waals surface area contributed by atoms with Gasteiger partial charge in [0.15, 0.2) is 0 Å². The summed E-state index contributed by atoms with van der Waals surface area (Å²) in [4.78, 5) is 1.24. The van der Waals surface area contributed by atoms with Crippen LogP contribution in [0.2, 0.25) is 0 Å². The van der Waals surface area contributed by atoms with E-state index in [2.05, 4.69) is 4.37 Å². The Morgan fingerprint density at radius 1 is 1.56 bits per heavy atom. The van der Waals surface area contributed by atoms with Gasteiger partial charge in [0.05, 0.1) is 0 Å². The van der Waals surface area contributed by atoms with Gasteiger partial charge in [0.1, 0.15) is 4.64 Å². The first-order valence-electron chi connectivity index (χ1n) is 2.94. The normalized spacial score (nSPS) is 7.89. The molecule has 0 fully saturated rings. The number of hydrogen-bond acceptors (Lipinski definition) is 2. The molecule has 0 atom stereocenters. The van der Waals surface area contributed by atoms with Crippen LogP contribution in [0.1, 0.15) is 18.7 Å². The molecule has 9 heavy (non-hydrogen) atoms. The monoisotopic (exact) mass is 161 g/mol. The molecule has 3 heteroatoms. The summed E-state index contributed by atoms with van der Waals surface area (Å²) in [5, 5.41) is 0. The van der Waals surface area contributed by atoms with Crippen LogP contribution in [-0.4, -0.2) is 4.37 Å². The molecular formula is C6H11NS2. The highest BCUT2D eigenvalue weighted by Crippen LogP contribution is 2.01. The molecule has 0 bridgehead atoms. The molecule has 0 aliphatic rings. The Labute approximate surface area is 64.9 Å². The van der Waals surface area contributed by atoms with Crippen LogP contribution in [0.5, 0.6) is 0 Å². The molecule has 1 N–H and O–H groups in total. The van der Waals surface area contributed by atoms with Gasteiger partial charge in [-0.2, -0.15) is 0 Å². The summed E-state index contributed by atoms with van der Waals surface area (Å²) >= 11 is 6.36. The molecule has 1 heterocycles. The molecule has 0 unspecified atom stereocenters. The third kappa shape index (κ3) is 3.43. The van der Waals surface area contributed by atoms with Crippen molar-refractivity contribution < 1.29 is 0 Å². The Bertz CT molecular complexity index is 199. The van der Waals surface area contributed by atoms with E-state index in [1.54, 1.807) is 11.5 Å². The minimum absolute atomic E-state index is 0.836. The van der Waals surface area contributed by atoms with Crippen molar-refractivity contribution in [1.29, 1.82) is 0 Å². The molecule has 1 nitrogen and oxygen atoms in total. The smallest absolute Gasteiger partial charge is 0.113 e. The van der Waals surface area contributed by atoms with E-state index < -0.39 is 0 Å². The number of aromatic nitrogens is 1. The van der Waals surface area contributed by atoms with Crippen LogP contribution in [0, 0.1) is 11.6 Å². The molecule has 0 aliphatic heterocycles. The minimum atomic E-state index is 0.836. The lowest BCUT2D eigenvalue weighted by atomic mass is 10.6. The first-order valence-corrected chi connectivity index (χ1v) is 4.16. The highest BCUT2D eigenvalue weighted by atomic mass is 32.1. The predicted molar refractivity (Wildman–Crippen MR) is 45.6 cm³/mol. The van der Waals surface area contributed by atoms with Crippen molar-refractivity contribution in [1.82, 2.24) is 4.37 Å². The van der Waals surface area contributed by atoms with E-state index in [0.717, 1.165) is 4.64 Å². The van der Waals surface area contributed by atoms with Gasteiger partial charge in [-0.05, 0) is 13.0 Å². The maximum absolute atomic E-state index is 4.79. The first kappa shape index (κ1) is 8.85. The molecule has 1 aromatic rings. The highest BCUT2D eigenvalue weighted by Gasteiger charge is 1.80. The van der Waals surface area contributed by atoms with Crippen LogP contribution in [0.25, 0.3) is 0 Å². The summed E-state index contributed by atoms with van der Waals surface area (Å²) in [6, 6.07) is 1.94. The van der Waals surface area contributed by atoms with Crippen LogP contribution in [0.4, 0.5) is 0 Å². The van der Waals surface area contributed by atoms with E-state index in [4.69, 9.17) is 12.2 Å². The van der Waals surface area contributed by atoms with Crippen LogP contribution >= 0.6 is 23.8 Å². The summed E-state index contributed by atoms with van der Waals surface area (Å²) in [5.41, 5.74) is 0. The Kier molecular flexibility index (Phi) is 4.62. The van der Waals surface area contributed by atoms with Crippen LogP contribution in [0.3, 0.4) is 0 Å². The third-order valence-corrected chi connectivity index (χ3v) is 1.76. The fourth-order valence-corrected chi connectivity index (χ4v) is 1.25. The van der Waals surface area contributed by atoms with Crippen molar-refractivity contribution in [3.05, 3.63) is 15.6 Å². The van der Waals surface area contributed by atoms with Gasteiger partial charge >= 0.3 is 0 Å². The molecule has 0 aliphatic carbocycles. The first-order chi connectivity index (χ1) is 4.29. The molecule has 52 valence electrons. The van der Waals surface area contributed by atoms with Crippen molar-refractivity contribution in [2.75, 3.05) is 0 Å². The summed E-state index contributed by atoms with van der Waals surface area (Å²) in [6.07, 6.45) is 0. The Hall–Kier alpha value is -0.150. The number of aryl methyl sites for hydroxylation is 1. The second-order valence-corrected chi connectivity index (χ2v) is 2.82. The fourth-order valence-electron chi connectivity index (χ4n) is 0.374. The Balaban J connectivity index is 0.000000291. The molecule has 1 aromatic heterocycles.